The highest BCUT2D eigenvalue weighted by Gasteiger charge is 2.29. The zero-order chi connectivity index (χ0) is 21.2. The molecule has 0 radical (unpaired) electrons. The molecule has 0 atom stereocenters. The molecule has 0 fully saturated rings. The molecule has 6 nitrogen and oxygen atoms in total. The van der Waals surface area contributed by atoms with Crippen molar-refractivity contribution >= 4 is 21.6 Å². The van der Waals surface area contributed by atoms with Gasteiger partial charge in [0.2, 0.25) is 10.0 Å². The molecule has 0 unspecified atom stereocenters. The Bertz CT molecular complexity index is 1030. The molecule has 0 saturated heterocycles. The summed E-state index contributed by atoms with van der Waals surface area (Å²) in [6.45, 7) is 4.41. The molecule has 1 aliphatic rings. The van der Waals surface area contributed by atoms with Crippen molar-refractivity contribution in [2.75, 3.05) is 17.6 Å². The number of fused-ring (bicyclic) bond motifs is 1. The number of halogens is 1. The first-order valence-corrected chi connectivity index (χ1v) is 11.2. The summed E-state index contributed by atoms with van der Waals surface area (Å²) in [5, 5.41) is 2.66. The summed E-state index contributed by atoms with van der Waals surface area (Å²) in [5.74, 6) is -0.386. The van der Waals surface area contributed by atoms with Gasteiger partial charge in [-0.1, -0.05) is 26.0 Å². The van der Waals surface area contributed by atoms with Gasteiger partial charge in [0, 0.05) is 6.54 Å². The summed E-state index contributed by atoms with van der Waals surface area (Å²) in [5.41, 5.74) is 3.13. The number of amides is 1. The van der Waals surface area contributed by atoms with Gasteiger partial charge in [-0.25, -0.2) is 12.8 Å². The number of rotatable bonds is 7. The number of carbonyl (C=O) groups excluding carboxylic acids is 1. The number of carbonyl (C=O) groups is 1. The lowest BCUT2D eigenvalue weighted by molar-refractivity contribution is -0.123. The molecule has 8 heteroatoms. The van der Waals surface area contributed by atoms with Crippen LogP contribution >= 0.6 is 0 Å². The van der Waals surface area contributed by atoms with Crippen LogP contribution in [-0.2, 0) is 33.2 Å². The smallest absolute Gasteiger partial charge is 0.258 e. The Labute approximate surface area is 170 Å². The third-order valence-corrected chi connectivity index (χ3v) is 5.60. The van der Waals surface area contributed by atoms with E-state index in [1.165, 1.54) is 23.3 Å². The van der Waals surface area contributed by atoms with Gasteiger partial charge >= 0.3 is 0 Å². The second kappa shape index (κ2) is 8.02. The molecule has 29 heavy (non-hydrogen) atoms. The minimum Gasteiger partial charge on any atom is -0.484 e. The second-order valence-electron chi connectivity index (χ2n) is 7.96. The Morgan fingerprint density at radius 1 is 1.21 bits per heavy atom. The van der Waals surface area contributed by atoms with Gasteiger partial charge in [0.1, 0.15) is 11.6 Å². The minimum absolute atomic E-state index is 0.108. The van der Waals surface area contributed by atoms with Crippen molar-refractivity contribution in [2.45, 2.75) is 38.6 Å². The van der Waals surface area contributed by atoms with Crippen LogP contribution in [0.3, 0.4) is 0 Å². The van der Waals surface area contributed by atoms with Gasteiger partial charge in [-0.2, -0.15) is 0 Å². The Balaban J connectivity index is 1.51. The van der Waals surface area contributed by atoms with E-state index in [1.54, 1.807) is 6.07 Å². The lowest BCUT2D eigenvalue weighted by Crippen LogP contribution is -2.28. The Morgan fingerprint density at radius 3 is 2.66 bits per heavy atom. The molecule has 1 amide bonds. The number of hydrogen-bond donors (Lipinski definition) is 2. The van der Waals surface area contributed by atoms with E-state index in [0.29, 0.717) is 11.3 Å². The fraction of sp³-hybridized carbons (Fsp3) is 0.381. The van der Waals surface area contributed by atoms with E-state index >= 15 is 0 Å². The van der Waals surface area contributed by atoms with Crippen molar-refractivity contribution < 1.29 is 22.3 Å². The van der Waals surface area contributed by atoms with E-state index in [1.807, 2.05) is 12.1 Å². The standard InChI is InChI=1S/C21H25FN2O4S/c1-21(2)9-8-15-11-16(5-6-17(15)21)28-13-20(25)23-12-14-4-7-19(18(22)10-14)24-29(3,26)27/h4-7,10-11,24H,8-9,12-13H2,1-3H3,(H,23,25). The van der Waals surface area contributed by atoms with Crippen molar-refractivity contribution in [2.24, 2.45) is 0 Å². The molecule has 0 saturated carbocycles. The summed E-state index contributed by atoms with van der Waals surface area (Å²) in [6.07, 6.45) is 3.05. The first-order valence-electron chi connectivity index (χ1n) is 9.33. The predicted molar refractivity (Wildman–Crippen MR) is 110 cm³/mol. The highest BCUT2D eigenvalue weighted by molar-refractivity contribution is 7.92. The van der Waals surface area contributed by atoms with Crippen molar-refractivity contribution in [1.29, 1.82) is 0 Å². The average Bonchev–Trinajstić information content (AvgIpc) is 2.94. The summed E-state index contributed by atoms with van der Waals surface area (Å²) < 4.78 is 44.0. The number of anilines is 1. The van der Waals surface area contributed by atoms with Crippen molar-refractivity contribution in [1.82, 2.24) is 5.32 Å². The van der Waals surface area contributed by atoms with Gasteiger partial charge in [-0.15, -0.1) is 0 Å². The Morgan fingerprint density at radius 2 is 1.97 bits per heavy atom. The highest BCUT2D eigenvalue weighted by atomic mass is 32.2. The maximum absolute atomic E-state index is 14.0. The Kier molecular flexibility index (Phi) is 5.84. The van der Waals surface area contributed by atoms with E-state index < -0.39 is 15.8 Å². The third kappa shape index (κ3) is 5.47. The third-order valence-electron chi connectivity index (χ3n) is 5.01. The largest absolute Gasteiger partial charge is 0.484 e. The van der Waals surface area contributed by atoms with Crippen molar-refractivity contribution in [3.8, 4) is 5.75 Å². The molecule has 2 aromatic rings. The first kappa shape index (κ1) is 21.1. The van der Waals surface area contributed by atoms with E-state index in [-0.39, 0.29) is 30.2 Å². The number of nitrogens with one attached hydrogen (secondary N) is 2. The van der Waals surface area contributed by atoms with Gasteiger partial charge in [-0.05, 0) is 59.2 Å². The molecular weight excluding hydrogens is 395 g/mol. The Hall–Kier alpha value is -2.61. The molecule has 0 spiro atoms. The van der Waals surface area contributed by atoms with Crippen LogP contribution in [0, 0.1) is 5.82 Å². The highest BCUT2D eigenvalue weighted by Crippen LogP contribution is 2.39. The second-order valence-corrected chi connectivity index (χ2v) is 9.71. The SMILES string of the molecule is CC1(C)CCc2cc(OCC(=O)NCc3ccc(NS(C)(=O)=O)c(F)c3)ccc21. The molecule has 0 aromatic heterocycles. The van der Waals surface area contributed by atoms with Crippen LogP contribution in [0.2, 0.25) is 0 Å². The lowest BCUT2D eigenvalue weighted by atomic mass is 9.87. The minimum atomic E-state index is -3.56. The summed E-state index contributed by atoms with van der Waals surface area (Å²) in [6, 6.07) is 9.96. The van der Waals surface area contributed by atoms with Crippen LogP contribution in [0.15, 0.2) is 36.4 Å². The number of benzene rings is 2. The molecule has 2 aromatic carbocycles. The fourth-order valence-electron chi connectivity index (χ4n) is 3.46. The topological polar surface area (TPSA) is 84.5 Å². The molecule has 0 aliphatic heterocycles. The molecule has 1 aliphatic carbocycles. The van der Waals surface area contributed by atoms with Gasteiger partial charge in [0.15, 0.2) is 6.61 Å². The van der Waals surface area contributed by atoms with Crippen LogP contribution < -0.4 is 14.8 Å². The van der Waals surface area contributed by atoms with Gasteiger partial charge < -0.3 is 10.1 Å². The summed E-state index contributed by atoms with van der Waals surface area (Å²) in [4.78, 5) is 12.0. The van der Waals surface area contributed by atoms with E-state index in [0.717, 1.165) is 19.1 Å². The quantitative estimate of drug-likeness (QED) is 0.721. The van der Waals surface area contributed by atoms with E-state index in [9.17, 15) is 17.6 Å². The summed E-state index contributed by atoms with van der Waals surface area (Å²) >= 11 is 0. The first-order chi connectivity index (χ1) is 13.5. The maximum atomic E-state index is 14.0. The lowest BCUT2D eigenvalue weighted by Gasteiger charge is -2.18. The average molecular weight is 421 g/mol. The molecule has 0 heterocycles. The van der Waals surface area contributed by atoms with Crippen LogP contribution in [0.1, 0.15) is 37.0 Å². The van der Waals surface area contributed by atoms with E-state index in [4.69, 9.17) is 4.74 Å². The number of hydrogen-bond acceptors (Lipinski definition) is 4. The monoisotopic (exact) mass is 420 g/mol. The zero-order valence-electron chi connectivity index (χ0n) is 16.7. The molecule has 0 bridgehead atoms. The van der Waals surface area contributed by atoms with Crippen molar-refractivity contribution in [3.63, 3.8) is 0 Å². The maximum Gasteiger partial charge on any atom is 0.258 e. The number of ether oxygens (including phenoxy) is 1. The predicted octanol–water partition coefficient (Wildman–Crippen LogP) is 3.12. The molecular formula is C21H25FN2O4S. The fourth-order valence-corrected chi connectivity index (χ4v) is 4.03. The zero-order valence-corrected chi connectivity index (χ0v) is 17.5. The van der Waals surface area contributed by atoms with Crippen LogP contribution in [0.25, 0.3) is 0 Å². The van der Waals surface area contributed by atoms with E-state index in [2.05, 4.69) is 30.0 Å². The van der Waals surface area contributed by atoms with Gasteiger partial charge in [0.05, 0.1) is 11.9 Å². The van der Waals surface area contributed by atoms with Gasteiger partial charge in [-0.3, -0.25) is 9.52 Å². The van der Waals surface area contributed by atoms with Crippen LogP contribution in [0.4, 0.5) is 10.1 Å². The number of sulfonamides is 1. The summed E-state index contributed by atoms with van der Waals surface area (Å²) in [7, 11) is -3.56. The molecule has 2 N–H and O–H groups in total. The van der Waals surface area contributed by atoms with Crippen LogP contribution in [0.5, 0.6) is 5.75 Å². The molecule has 156 valence electrons. The van der Waals surface area contributed by atoms with Gasteiger partial charge in [0.25, 0.3) is 5.91 Å². The normalized spacial score (nSPS) is 14.9. The molecule has 3 rings (SSSR count). The van der Waals surface area contributed by atoms with Crippen LogP contribution in [-0.4, -0.2) is 27.2 Å². The van der Waals surface area contributed by atoms with Crippen molar-refractivity contribution in [3.05, 3.63) is 58.9 Å². The number of aryl methyl sites for hydroxylation is 1.